The second-order valence-electron chi connectivity index (χ2n) is 8.03. The van der Waals surface area contributed by atoms with Gasteiger partial charge in [0.1, 0.15) is 17.9 Å². The first-order chi connectivity index (χ1) is 15.9. The summed E-state index contributed by atoms with van der Waals surface area (Å²) in [5.74, 6) is -3.48. The third-order valence-corrected chi connectivity index (χ3v) is 5.85. The summed E-state index contributed by atoms with van der Waals surface area (Å²) in [5, 5.41) is 15.2. The fraction of sp³-hybridized carbons (Fsp3) is 0.192. The topological polar surface area (TPSA) is 95.5 Å². The molecule has 0 aromatic heterocycles. The van der Waals surface area contributed by atoms with Crippen LogP contribution in [0.3, 0.4) is 0 Å². The number of fused-ring (bicyclic) bond motifs is 3. The Morgan fingerprint density at radius 3 is 1.97 bits per heavy atom. The van der Waals surface area contributed by atoms with Crippen molar-refractivity contribution in [2.45, 2.75) is 31.3 Å². The van der Waals surface area contributed by atoms with E-state index < -0.39 is 41.6 Å². The number of carboxylic acid groups (broad SMARTS) is 1. The highest BCUT2D eigenvalue weighted by molar-refractivity contribution is 5.92. The van der Waals surface area contributed by atoms with Gasteiger partial charge in [0.25, 0.3) is 0 Å². The molecule has 6 nitrogen and oxygen atoms in total. The Morgan fingerprint density at radius 1 is 0.879 bits per heavy atom. The number of nitrogens with one attached hydrogen (secondary N) is 2. The molecule has 0 saturated heterocycles. The molecule has 3 aromatic rings. The first-order valence-electron chi connectivity index (χ1n) is 10.6. The first kappa shape index (κ1) is 22.2. The summed E-state index contributed by atoms with van der Waals surface area (Å²) < 4.78 is 14.2. The highest BCUT2D eigenvalue weighted by atomic mass is 19.1. The standard InChI is InChI=1S/C26H23FN2O4/c1-15(30)28-22(14-16-8-2-7-13-21(16)27)25(31)29-24(26(32)33)23-19-11-5-3-9-17(19)18-10-4-6-12-20(18)23/h2-13,22-24H,14H2,1H3,(H,28,30)(H,29,31)(H,32,33)/t22-,24-/m0/s1. The second-order valence-corrected chi connectivity index (χ2v) is 8.03. The lowest BCUT2D eigenvalue weighted by molar-refractivity contribution is -0.142. The van der Waals surface area contributed by atoms with E-state index in [1.54, 1.807) is 6.07 Å². The zero-order chi connectivity index (χ0) is 23.5. The minimum absolute atomic E-state index is 0.109. The van der Waals surface area contributed by atoms with Gasteiger partial charge in [-0.15, -0.1) is 0 Å². The Hall–Kier alpha value is -4.00. The van der Waals surface area contributed by atoms with Gasteiger partial charge in [0.15, 0.2) is 0 Å². The number of aliphatic carboxylic acids is 1. The van der Waals surface area contributed by atoms with Gasteiger partial charge in [0.2, 0.25) is 11.8 Å². The number of carboxylic acids is 1. The van der Waals surface area contributed by atoms with E-state index in [9.17, 15) is 23.9 Å². The molecular formula is C26H23FN2O4. The number of carbonyl (C=O) groups excluding carboxylic acids is 2. The van der Waals surface area contributed by atoms with Gasteiger partial charge in [0, 0.05) is 19.3 Å². The number of rotatable bonds is 7. The second kappa shape index (κ2) is 9.24. The molecule has 2 atom stereocenters. The molecule has 7 heteroatoms. The Bertz CT molecular complexity index is 1180. The molecule has 0 fully saturated rings. The summed E-state index contributed by atoms with van der Waals surface area (Å²) in [4.78, 5) is 37.3. The van der Waals surface area contributed by atoms with E-state index in [0.717, 1.165) is 22.3 Å². The molecule has 4 rings (SSSR count). The van der Waals surface area contributed by atoms with Gasteiger partial charge in [-0.3, -0.25) is 9.59 Å². The Morgan fingerprint density at radius 2 is 1.42 bits per heavy atom. The van der Waals surface area contributed by atoms with Gasteiger partial charge >= 0.3 is 5.97 Å². The molecule has 168 valence electrons. The van der Waals surface area contributed by atoms with Crippen molar-refractivity contribution in [2.24, 2.45) is 0 Å². The Kier molecular flexibility index (Phi) is 6.22. The Balaban J connectivity index is 1.66. The minimum Gasteiger partial charge on any atom is -0.480 e. The first-order valence-corrected chi connectivity index (χ1v) is 10.6. The highest BCUT2D eigenvalue weighted by Gasteiger charge is 2.39. The van der Waals surface area contributed by atoms with E-state index in [2.05, 4.69) is 10.6 Å². The molecule has 0 saturated carbocycles. The zero-order valence-electron chi connectivity index (χ0n) is 17.9. The number of hydrogen-bond acceptors (Lipinski definition) is 3. The molecule has 33 heavy (non-hydrogen) atoms. The molecule has 1 aliphatic rings. The van der Waals surface area contributed by atoms with Crippen LogP contribution in [-0.2, 0) is 20.8 Å². The lowest BCUT2D eigenvalue weighted by Crippen LogP contribution is -2.53. The molecule has 2 amide bonds. The Labute approximate surface area is 190 Å². The third kappa shape index (κ3) is 4.48. The van der Waals surface area contributed by atoms with E-state index in [1.807, 2.05) is 48.5 Å². The van der Waals surface area contributed by atoms with Gasteiger partial charge in [-0.1, -0.05) is 66.7 Å². The van der Waals surface area contributed by atoms with Crippen LogP contribution in [-0.4, -0.2) is 35.0 Å². The molecule has 3 N–H and O–H groups in total. The van der Waals surface area contributed by atoms with Crippen molar-refractivity contribution in [3.05, 3.63) is 95.3 Å². The number of hydrogen-bond donors (Lipinski definition) is 3. The highest BCUT2D eigenvalue weighted by Crippen LogP contribution is 2.46. The molecule has 0 radical (unpaired) electrons. The largest absolute Gasteiger partial charge is 0.480 e. The van der Waals surface area contributed by atoms with Crippen molar-refractivity contribution < 1.29 is 23.9 Å². The van der Waals surface area contributed by atoms with E-state index in [0.29, 0.717) is 0 Å². The molecule has 0 bridgehead atoms. The van der Waals surface area contributed by atoms with E-state index in [-0.39, 0.29) is 12.0 Å². The summed E-state index contributed by atoms with van der Waals surface area (Å²) in [6, 6.07) is 18.5. The molecule has 0 spiro atoms. The molecule has 0 unspecified atom stereocenters. The van der Waals surface area contributed by atoms with Crippen LogP contribution in [0.2, 0.25) is 0 Å². The van der Waals surface area contributed by atoms with Crippen LogP contribution < -0.4 is 10.6 Å². The van der Waals surface area contributed by atoms with Crippen LogP contribution in [0.15, 0.2) is 72.8 Å². The fourth-order valence-corrected chi connectivity index (χ4v) is 4.43. The van der Waals surface area contributed by atoms with Crippen molar-refractivity contribution in [3.63, 3.8) is 0 Å². The summed E-state index contributed by atoms with van der Waals surface area (Å²) in [5.41, 5.74) is 3.69. The average Bonchev–Trinajstić information content (AvgIpc) is 3.12. The van der Waals surface area contributed by atoms with E-state index >= 15 is 0 Å². The lowest BCUT2D eigenvalue weighted by Gasteiger charge is -2.26. The van der Waals surface area contributed by atoms with E-state index in [4.69, 9.17) is 0 Å². The average molecular weight is 446 g/mol. The zero-order valence-corrected chi connectivity index (χ0v) is 17.9. The van der Waals surface area contributed by atoms with Gasteiger partial charge in [-0.05, 0) is 33.9 Å². The predicted octanol–water partition coefficient (Wildman–Crippen LogP) is 3.25. The SMILES string of the molecule is CC(=O)N[C@@H](Cc1ccccc1F)C(=O)N[C@H](C(=O)O)C1c2ccccc2-c2ccccc21. The summed E-state index contributed by atoms with van der Waals surface area (Å²) in [6.07, 6.45) is -0.109. The maximum Gasteiger partial charge on any atom is 0.327 e. The van der Waals surface area contributed by atoms with Gasteiger partial charge in [-0.2, -0.15) is 0 Å². The molecule has 0 heterocycles. The molecule has 1 aliphatic carbocycles. The molecule has 0 aliphatic heterocycles. The van der Waals surface area contributed by atoms with Gasteiger partial charge in [-0.25, -0.2) is 9.18 Å². The number of halogens is 1. The smallest absolute Gasteiger partial charge is 0.327 e. The van der Waals surface area contributed by atoms with Crippen LogP contribution in [0.25, 0.3) is 11.1 Å². The van der Waals surface area contributed by atoms with Crippen molar-refractivity contribution in [3.8, 4) is 11.1 Å². The van der Waals surface area contributed by atoms with E-state index in [1.165, 1.54) is 25.1 Å². The molecule has 3 aromatic carbocycles. The third-order valence-electron chi connectivity index (χ3n) is 5.85. The van der Waals surface area contributed by atoms with Crippen LogP contribution in [0.1, 0.15) is 29.5 Å². The van der Waals surface area contributed by atoms with Crippen LogP contribution in [0, 0.1) is 5.82 Å². The number of carbonyl (C=O) groups is 3. The maximum absolute atomic E-state index is 14.2. The summed E-state index contributed by atoms with van der Waals surface area (Å²) in [7, 11) is 0. The van der Waals surface area contributed by atoms with Crippen LogP contribution >= 0.6 is 0 Å². The fourth-order valence-electron chi connectivity index (χ4n) is 4.43. The number of benzene rings is 3. The quantitative estimate of drug-likeness (QED) is 0.519. The summed E-state index contributed by atoms with van der Waals surface area (Å²) >= 11 is 0. The van der Waals surface area contributed by atoms with Crippen molar-refractivity contribution >= 4 is 17.8 Å². The number of amides is 2. The summed E-state index contributed by atoms with van der Waals surface area (Å²) in [6.45, 7) is 1.25. The van der Waals surface area contributed by atoms with Crippen molar-refractivity contribution in [2.75, 3.05) is 0 Å². The monoisotopic (exact) mass is 446 g/mol. The minimum atomic E-state index is -1.28. The lowest BCUT2D eigenvalue weighted by atomic mass is 9.89. The normalized spacial score (nSPS) is 14.0. The van der Waals surface area contributed by atoms with Crippen LogP contribution in [0.4, 0.5) is 4.39 Å². The molecular weight excluding hydrogens is 423 g/mol. The van der Waals surface area contributed by atoms with Crippen molar-refractivity contribution in [1.29, 1.82) is 0 Å². The van der Waals surface area contributed by atoms with Gasteiger partial charge in [0.05, 0.1) is 0 Å². The predicted molar refractivity (Wildman–Crippen MR) is 121 cm³/mol. The van der Waals surface area contributed by atoms with Crippen LogP contribution in [0.5, 0.6) is 0 Å². The maximum atomic E-state index is 14.2. The van der Waals surface area contributed by atoms with Crippen molar-refractivity contribution in [1.82, 2.24) is 10.6 Å². The van der Waals surface area contributed by atoms with Gasteiger partial charge < -0.3 is 15.7 Å².